The Morgan fingerprint density at radius 1 is 0.703 bits per heavy atom. The molecule has 200 valence electrons. The van der Waals surface area contributed by atoms with Crippen LogP contribution in [0.3, 0.4) is 0 Å². The summed E-state index contributed by atoms with van der Waals surface area (Å²) in [4.78, 5) is 24.5. The monoisotopic (exact) mass is 504 g/mol. The van der Waals surface area contributed by atoms with E-state index in [1.54, 1.807) is 0 Å². The van der Waals surface area contributed by atoms with Crippen LogP contribution in [0.2, 0.25) is 0 Å². The van der Waals surface area contributed by atoms with Crippen molar-refractivity contribution in [2.24, 2.45) is 0 Å². The van der Waals surface area contributed by atoms with Crippen LogP contribution in [0.15, 0.2) is 54.6 Å². The van der Waals surface area contributed by atoms with Crippen molar-refractivity contribution < 1.29 is 19.4 Å². The molecular weight excluding hydrogens is 460 g/mol. The number of esters is 1. The molecule has 0 radical (unpaired) electrons. The molecule has 0 aliphatic heterocycles. The number of carboxylic acid groups (broad SMARTS) is 1. The van der Waals surface area contributed by atoms with E-state index in [1.807, 2.05) is 48.5 Å². The molecule has 0 saturated carbocycles. The number of rotatable bonds is 18. The van der Waals surface area contributed by atoms with Crippen molar-refractivity contribution in [3.63, 3.8) is 0 Å². The topological polar surface area (TPSA) is 63.6 Å². The zero-order valence-corrected chi connectivity index (χ0v) is 22.6. The number of unbranched alkanes of at least 4 members (excludes halogenated alkanes) is 10. The van der Waals surface area contributed by atoms with Gasteiger partial charge in [0.25, 0.3) is 0 Å². The van der Waals surface area contributed by atoms with E-state index >= 15 is 0 Å². The van der Waals surface area contributed by atoms with Crippen LogP contribution < -0.4 is 0 Å². The molecule has 0 saturated heterocycles. The fourth-order valence-corrected chi connectivity index (χ4v) is 5.21. The third-order valence-corrected chi connectivity index (χ3v) is 7.30. The summed E-state index contributed by atoms with van der Waals surface area (Å²) in [5.41, 5.74) is 0.632. The third kappa shape index (κ3) is 9.50. The van der Waals surface area contributed by atoms with E-state index in [4.69, 9.17) is 9.84 Å². The van der Waals surface area contributed by atoms with Crippen LogP contribution in [0.1, 0.15) is 114 Å². The van der Waals surface area contributed by atoms with Crippen molar-refractivity contribution in [3.8, 4) is 0 Å². The van der Waals surface area contributed by atoms with Gasteiger partial charge in [0.05, 0.1) is 5.56 Å². The first-order chi connectivity index (χ1) is 18.1. The minimum Gasteiger partial charge on any atom is -0.481 e. The normalized spacial score (nSPS) is 12.1. The molecule has 0 aromatic heterocycles. The smallest absolute Gasteiger partial charge is 0.339 e. The molecule has 3 aromatic carbocycles. The second kappa shape index (κ2) is 16.1. The number of carbonyl (C=O) groups excluding carboxylic acids is 1. The van der Waals surface area contributed by atoms with Crippen LogP contribution in [0.4, 0.5) is 0 Å². The summed E-state index contributed by atoms with van der Waals surface area (Å²) in [6, 6.07) is 18.1. The largest absolute Gasteiger partial charge is 0.481 e. The summed E-state index contributed by atoms with van der Waals surface area (Å²) in [6.07, 6.45) is 15.5. The first-order valence-electron chi connectivity index (χ1n) is 14.4. The van der Waals surface area contributed by atoms with Gasteiger partial charge >= 0.3 is 11.9 Å². The third-order valence-electron chi connectivity index (χ3n) is 7.30. The molecule has 0 bridgehead atoms. The number of hydrogen-bond donors (Lipinski definition) is 1. The molecule has 3 aromatic rings. The second-order valence-electron chi connectivity index (χ2n) is 10.3. The maximum absolute atomic E-state index is 13.6. The molecule has 0 aliphatic rings. The minimum atomic E-state index is -0.773. The summed E-state index contributed by atoms with van der Waals surface area (Å²) in [6.45, 7) is 2.25. The number of fused-ring (bicyclic) bond motifs is 2. The van der Waals surface area contributed by atoms with Crippen molar-refractivity contribution >= 4 is 33.5 Å². The molecule has 0 fully saturated rings. The van der Waals surface area contributed by atoms with Crippen molar-refractivity contribution in [2.75, 3.05) is 0 Å². The maximum Gasteiger partial charge on any atom is 0.339 e. The van der Waals surface area contributed by atoms with Gasteiger partial charge in [-0.05, 0) is 59.7 Å². The van der Waals surface area contributed by atoms with Crippen molar-refractivity contribution in [3.05, 3.63) is 60.2 Å². The molecule has 0 amide bonds. The van der Waals surface area contributed by atoms with Crippen LogP contribution in [-0.4, -0.2) is 23.1 Å². The molecule has 1 N–H and O–H groups in total. The highest BCUT2D eigenvalue weighted by molar-refractivity contribution is 6.16. The molecule has 4 nitrogen and oxygen atoms in total. The molecule has 1 atom stereocenters. The number of hydrogen-bond acceptors (Lipinski definition) is 3. The highest BCUT2D eigenvalue weighted by Gasteiger charge is 2.20. The van der Waals surface area contributed by atoms with Crippen LogP contribution >= 0.6 is 0 Å². The van der Waals surface area contributed by atoms with Gasteiger partial charge < -0.3 is 9.84 Å². The summed E-state index contributed by atoms with van der Waals surface area (Å²) < 4.78 is 6.16. The van der Waals surface area contributed by atoms with E-state index in [-0.39, 0.29) is 18.5 Å². The van der Waals surface area contributed by atoms with Gasteiger partial charge in [0.15, 0.2) is 0 Å². The lowest BCUT2D eigenvalue weighted by Gasteiger charge is -2.19. The van der Waals surface area contributed by atoms with Gasteiger partial charge in [0, 0.05) is 6.42 Å². The number of aliphatic carboxylic acids is 1. The summed E-state index contributed by atoms with van der Waals surface area (Å²) in [7, 11) is 0. The molecule has 0 aliphatic carbocycles. The summed E-state index contributed by atoms with van der Waals surface area (Å²) >= 11 is 0. The average Bonchev–Trinajstić information content (AvgIpc) is 2.90. The lowest BCUT2D eigenvalue weighted by molar-refractivity contribution is -0.137. The van der Waals surface area contributed by atoms with Crippen molar-refractivity contribution in [2.45, 2.75) is 109 Å². The highest BCUT2D eigenvalue weighted by atomic mass is 16.5. The minimum absolute atomic E-state index is 0.160. The van der Waals surface area contributed by atoms with Crippen LogP contribution in [0.25, 0.3) is 21.5 Å². The Bertz CT molecular complexity index is 1070. The number of carboxylic acids is 1. The fraction of sp³-hybridized carbons (Fsp3) is 0.515. The lowest BCUT2D eigenvalue weighted by atomic mass is 9.96. The Hall–Kier alpha value is -2.88. The first-order valence-corrected chi connectivity index (χ1v) is 14.4. The van der Waals surface area contributed by atoms with Crippen molar-refractivity contribution in [1.82, 2.24) is 0 Å². The van der Waals surface area contributed by atoms with Crippen LogP contribution in [-0.2, 0) is 9.53 Å². The zero-order chi connectivity index (χ0) is 26.3. The van der Waals surface area contributed by atoms with Crippen LogP contribution in [0.5, 0.6) is 0 Å². The predicted octanol–water partition coefficient (Wildman–Crippen LogP) is 9.47. The van der Waals surface area contributed by atoms with Crippen molar-refractivity contribution in [1.29, 1.82) is 0 Å². The molecule has 0 spiro atoms. The van der Waals surface area contributed by atoms with Crippen LogP contribution in [0, 0.1) is 0 Å². The van der Waals surface area contributed by atoms with Gasteiger partial charge in [-0.1, -0.05) is 113 Å². The quantitative estimate of drug-likeness (QED) is 0.106. The van der Waals surface area contributed by atoms with E-state index in [0.29, 0.717) is 18.4 Å². The molecule has 4 heteroatoms. The second-order valence-corrected chi connectivity index (χ2v) is 10.3. The molecular formula is C33H44O4. The lowest BCUT2D eigenvalue weighted by Crippen LogP contribution is -2.19. The molecule has 1 unspecified atom stereocenters. The van der Waals surface area contributed by atoms with E-state index in [0.717, 1.165) is 47.2 Å². The van der Waals surface area contributed by atoms with E-state index in [2.05, 4.69) is 13.0 Å². The Labute approximate surface area is 222 Å². The van der Waals surface area contributed by atoms with Gasteiger partial charge in [0.2, 0.25) is 0 Å². The molecule has 37 heavy (non-hydrogen) atoms. The molecule has 0 heterocycles. The number of ether oxygens (including phenoxy) is 1. The standard InChI is InChI=1S/C33H44O4/c1-2-3-4-5-6-7-8-9-10-11-20-28(21-14-17-24-31(34)35)37-33(36)32-29-22-15-12-18-26(29)25-27-19-13-16-23-30(27)32/h12-13,15-16,18-19,22-23,25,28H,2-11,14,17,20-21,24H2,1H3,(H,34,35). The Kier molecular flexibility index (Phi) is 12.5. The SMILES string of the molecule is CCCCCCCCCCCCC(CCCCC(=O)O)OC(=O)c1c2ccccc2cc2ccccc12. The maximum atomic E-state index is 13.6. The predicted molar refractivity (Wildman–Crippen MR) is 153 cm³/mol. The Morgan fingerprint density at radius 3 is 1.73 bits per heavy atom. The number of carbonyl (C=O) groups is 2. The number of benzene rings is 3. The van der Waals surface area contributed by atoms with Gasteiger partial charge in [-0.15, -0.1) is 0 Å². The van der Waals surface area contributed by atoms with Gasteiger partial charge in [-0.25, -0.2) is 4.79 Å². The summed E-state index contributed by atoms with van der Waals surface area (Å²) in [5.74, 6) is -1.05. The van der Waals surface area contributed by atoms with E-state index in [9.17, 15) is 9.59 Å². The fourth-order valence-electron chi connectivity index (χ4n) is 5.21. The Balaban J connectivity index is 1.60. The highest BCUT2D eigenvalue weighted by Crippen LogP contribution is 2.30. The van der Waals surface area contributed by atoms with E-state index in [1.165, 1.54) is 51.4 Å². The average molecular weight is 505 g/mol. The Morgan fingerprint density at radius 2 is 1.19 bits per heavy atom. The molecule has 3 rings (SSSR count). The summed E-state index contributed by atoms with van der Waals surface area (Å²) in [5, 5.41) is 12.9. The zero-order valence-electron chi connectivity index (χ0n) is 22.6. The van der Waals surface area contributed by atoms with Gasteiger partial charge in [-0.2, -0.15) is 0 Å². The first kappa shape index (κ1) is 28.7. The van der Waals surface area contributed by atoms with Gasteiger partial charge in [0.1, 0.15) is 6.10 Å². The van der Waals surface area contributed by atoms with E-state index < -0.39 is 5.97 Å². The van der Waals surface area contributed by atoms with Gasteiger partial charge in [-0.3, -0.25) is 4.79 Å².